The second kappa shape index (κ2) is 4.99. The van der Waals surface area contributed by atoms with E-state index >= 15 is 0 Å². The molecule has 2 unspecified atom stereocenters. The van der Waals surface area contributed by atoms with Gasteiger partial charge in [-0.1, -0.05) is 28.8 Å². The van der Waals surface area contributed by atoms with Crippen LogP contribution in [0.25, 0.3) is 0 Å². The Labute approximate surface area is 88.6 Å². The Morgan fingerprint density at radius 1 is 1.38 bits per heavy atom. The summed E-state index contributed by atoms with van der Waals surface area (Å²) in [4.78, 5) is 11.3. The second-order valence-electron chi connectivity index (χ2n) is 3.96. The van der Waals surface area contributed by atoms with E-state index in [2.05, 4.69) is 28.2 Å². The van der Waals surface area contributed by atoms with E-state index in [1.807, 2.05) is 6.92 Å². The molecule has 1 aliphatic carbocycles. The Morgan fingerprint density at radius 2 is 1.92 bits per heavy atom. The van der Waals surface area contributed by atoms with Gasteiger partial charge in [-0.3, -0.25) is 4.79 Å². The van der Waals surface area contributed by atoms with Crippen LogP contribution in [0, 0.1) is 5.92 Å². The van der Waals surface area contributed by atoms with E-state index in [0.717, 1.165) is 0 Å². The average molecular weight is 248 g/mol. The monoisotopic (exact) mass is 247 g/mol. The van der Waals surface area contributed by atoms with Crippen LogP contribution in [0.5, 0.6) is 0 Å². The number of nitrogens with one attached hydrogen (secondary N) is 1. The summed E-state index contributed by atoms with van der Waals surface area (Å²) in [5.41, 5.74) is 0. The van der Waals surface area contributed by atoms with Gasteiger partial charge in [0.2, 0.25) is 5.91 Å². The van der Waals surface area contributed by atoms with E-state index < -0.39 is 0 Å². The van der Waals surface area contributed by atoms with Crippen LogP contribution in [0.1, 0.15) is 39.5 Å². The van der Waals surface area contributed by atoms with Gasteiger partial charge in [-0.15, -0.1) is 0 Å². The summed E-state index contributed by atoms with van der Waals surface area (Å²) in [5, 5.41) is 3.04. The van der Waals surface area contributed by atoms with Crippen molar-refractivity contribution in [1.82, 2.24) is 5.32 Å². The van der Waals surface area contributed by atoms with Crippen LogP contribution in [0.15, 0.2) is 0 Å². The summed E-state index contributed by atoms with van der Waals surface area (Å²) >= 11 is 3.26. The minimum Gasteiger partial charge on any atom is -0.352 e. The maximum Gasteiger partial charge on any atom is 0.233 e. The molecule has 3 heteroatoms. The first-order chi connectivity index (χ1) is 6.11. The van der Waals surface area contributed by atoms with Gasteiger partial charge in [0.25, 0.3) is 0 Å². The van der Waals surface area contributed by atoms with Crippen molar-refractivity contribution in [1.29, 1.82) is 0 Å². The summed E-state index contributed by atoms with van der Waals surface area (Å²) in [6, 6.07) is 0.343. The maximum absolute atomic E-state index is 11.4. The van der Waals surface area contributed by atoms with E-state index in [-0.39, 0.29) is 10.7 Å². The Hall–Kier alpha value is -0.0500. The molecule has 0 aromatic carbocycles. The number of halogens is 1. The fraction of sp³-hybridized carbons (Fsp3) is 0.900. The normalized spacial score (nSPS) is 22.7. The third-order valence-electron chi connectivity index (χ3n) is 2.84. The number of rotatable bonds is 3. The smallest absolute Gasteiger partial charge is 0.233 e. The molecule has 13 heavy (non-hydrogen) atoms. The molecular formula is C10H18BrNO. The number of hydrogen-bond donors (Lipinski definition) is 1. The highest BCUT2D eigenvalue weighted by atomic mass is 79.9. The second-order valence-corrected chi connectivity index (χ2v) is 5.33. The van der Waals surface area contributed by atoms with Gasteiger partial charge in [-0.2, -0.15) is 0 Å². The van der Waals surface area contributed by atoms with Crippen molar-refractivity contribution in [3.05, 3.63) is 0 Å². The van der Waals surface area contributed by atoms with Crippen molar-refractivity contribution in [2.24, 2.45) is 5.92 Å². The molecule has 1 aliphatic rings. The van der Waals surface area contributed by atoms with E-state index in [9.17, 15) is 4.79 Å². The number of carbonyl (C=O) groups is 1. The van der Waals surface area contributed by atoms with Crippen molar-refractivity contribution >= 4 is 21.8 Å². The SMILES string of the molecule is CC(Br)C(=O)NC(C)C1CCCC1. The fourth-order valence-electron chi connectivity index (χ4n) is 1.91. The number of amides is 1. The van der Waals surface area contributed by atoms with Gasteiger partial charge in [-0.05, 0) is 32.6 Å². The summed E-state index contributed by atoms with van der Waals surface area (Å²) in [6.07, 6.45) is 5.21. The quantitative estimate of drug-likeness (QED) is 0.764. The number of hydrogen-bond acceptors (Lipinski definition) is 1. The third-order valence-corrected chi connectivity index (χ3v) is 3.25. The van der Waals surface area contributed by atoms with Gasteiger partial charge in [0, 0.05) is 6.04 Å². The predicted octanol–water partition coefficient (Wildman–Crippen LogP) is 2.46. The Bertz CT molecular complexity index is 176. The molecule has 0 heterocycles. The molecule has 0 aromatic heterocycles. The molecule has 0 aromatic rings. The zero-order chi connectivity index (χ0) is 9.84. The average Bonchev–Trinajstić information content (AvgIpc) is 2.55. The maximum atomic E-state index is 11.4. The standard InChI is InChI=1S/C10H18BrNO/c1-7(11)10(13)12-8(2)9-5-3-4-6-9/h7-9H,3-6H2,1-2H3,(H,12,13). The van der Waals surface area contributed by atoms with Crippen molar-refractivity contribution in [2.75, 3.05) is 0 Å². The minimum atomic E-state index is -0.0728. The summed E-state index contributed by atoms with van der Waals surface area (Å²) in [6.45, 7) is 3.97. The molecule has 0 spiro atoms. The van der Waals surface area contributed by atoms with Crippen LogP contribution < -0.4 is 5.32 Å². The molecular weight excluding hydrogens is 230 g/mol. The van der Waals surface area contributed by atoms with Gasteiger partial charge in [-0.25, -0.2) is 0 Å². The first-order valence-electron chi connectivity index (χ1n) is 5.05. The highest BCUT2D eigenvalue weighted by Crippen LogP contribution is 2.27. The zero-order valence-corrected chi connectivity index (χ0v) is 9.93. The third kappa shape index (κ3) is 3.29. The highest BCUT2D eigenvalue weighted by Gasteiger charge is 2.23. The minimum absolute atomic E-state index is 0.0728. The van der Waals surface area contributed by atoms with E-state index in [1.165, 1.54) is 25.7 Å². The van der Waals surface area contributed by atoms with Crippen LogP contribution >= 0.6 is 15.9 Å². The molecule has 2 atom stereocenters. The van der Waals surface area contributed by atoms with E-state index in [0.29, 0.717) is 12.0 Å². The molecule has 1 rings (SSSR count). The van der Waals surface area contributed by atoms with Gasteiger partial charge in [0.15, 0.2) is 0 Å². The lowest BCUT2D eigenvalue weighted by molar-refractivity contribution is -0.121. The van der Waals surface area contributed by atoms with Gasteiger partial charge in [0.05, 0.1) is 4.83 Å². The largest absolute Gasteiger partial charge is 0.352 e. The van der Waals surface area contributed by atoms with Crippen molar-refractivity contribution in [3.8, 4) is 0 Å². The van der Waals surface area contributed by atoms with Gasteiger partial charge >= 0.3 is 0 Å². The Kier molecular flexibility index (Phi) is 4.23. The molecule has 0 aliphatic heterocycles. The molecule has 1 fully saturated rings. The van der Waals surface area contributed by atoms with Crippen LogP contribution in [0.4, 0.5) is 0 Å². The van der Waals surface area contributed by atoms with E-state index in [1.54, 1.807) is 0 Å². The molecule has 1 amide bonds. The lowest BCUT2D eigenvalue weighted by Crippen LogP contribution is -2.40. The van der Waals surface area contributed by atoms with Crippen LogP contribution in [0.2, 0.25) is 0 Å². The molecule has 1 N–H and O–H groups in total. The van der Waals surface area contributed by atoms with Gasteiger partial charge < -0.3 is 5.32 Å². The molecule has 1 saturated carbocycles. The summed E-state index contributed by atoms with van der Waals surface area (Å²) in [7, 11) is 0. The van der Waals surface area contributed by atoms with Crippen LogP contribution in [-0.2, 0) is 4.79 Å². The fourth-order valence-corrected chi connectivity index (χ4v) is 2.05. The molecule has 0 radical (unpaired) electrons. The number of alkyl halides is 1. The van der Waals surface area contributed by atoms with Crippen molar-refractivity contribution in [3.63, 3.8) is 0 Å². The number of carbonyl (C=O) groups excluding carboxylic acids is 1. The lowest BCUT2D eigenvalue weighted by Gasteiger charge is -2.20. The van der Waals surface area contributed by atoms with Crippen LogP contribution in [0.3, 0.4) is 0 Å². The highest BCUT2D eigenvalue weighted by molar-refractivity contribution is 9.10. The van der Waals surface area contributed by atoms with Crippen molar-refractivity contribution in [2.45, 2.75) is 50.4 Å². The van der Waals surface area contributed by atoms with Gasteiger partial charge in [0.1, 0.15) is 0 Å². The molecule has 2 nitrogen and oxygen atoms in total. The summed E-state index contributed by atoms with van der Waals surface area (Å²) in [5.74, 6) is 0.814. The topological polar surface area (TPSA) is 29.1 Å². The zero-order valence-electron chi connectivity index (χ0n) is 8.35. The predicted molar refractivity (Wildman–Crippen MR) is 58.0 cm³/mol. The van der Waals surface area contributed by atoms with E-state index in [4.69, 9.17) is 0 Å². The molecule has 0 bridgehead atoms. The Balaban J connectivity index is 2.31. The summed E-state index contributed by atoms with van der Waals surface area (Å²) < 4.78 is 0. The first kappa shape index (κ1) is 11.0. The Morgan fingerprint density at radius 3 is 2.38 bits per heavy atom. The van der Waals surface area contributed by atoms with Crippen LogP contribution in [-0.4, -0.2) is 16.8 Å². The van der Waals surface area contributed by atoms with Crippen molar-refractivity contribution < 1.29 is 4.79 Å². The molecule has 76 valence electrons. The lowest BCUT2D eigenvalue weighted by atomic mass is 10.00. The molecule has 0 saturated heterocycles. The first-order valence-corrected chi connectivity index (χ1v) is 5.97.